The highest BCUT2D eigenvalue weighted by atomic mass is 16.4. The van der Waals surface area contributed by atoms with Gasteiger partial charge in [-0.3, -0.25) is 29.3 Å². The Labute approximate surface area is 317 Å². The van der Waals surface area contributed by atoms with Gasteiger partial charge in [-0.1, -0.05) is 26.0 Å². The molecule has 5 atom stereocenters. The van der Waals surface area contributed by atoms with Crippen molar-refractivity contribution in [2.45, 2.75) is 115 Å². The number of phenols is 1. The Morgan fingerprint density at radius 1 is 0.704 bits per heavy atom. The molecule has 0 unspecified atom stereocenters. The second kappa shape index (κ2) is 26.4. The summed E-state index contributed by atoms with van der Waals surface area (Å²) in [6, 6.07) is 0.654. The number of rotatable bonds is 28. The Morgan fingerprint density at radius 2 is 1.19 bits per heavy atom. The molecule has 0 aliphatic heterocycles. The Balaban J connectivity index is 3.20. The number of nitrogens with one attached hydrogen (secondary N) is 6. The maximum Gasteiger partial charge on any atom is 0.326 e. The highest BCUT2D eigenvalue weighted by Crippen LogP contribution is 2.12. The van der Waals surface area contributed by atoms with Crippen molar-refractivity contribution in [1.82, 2.24) is 31.9 Å². The largest absolute Gasteiger partial charge is 0.508 e. The molecular formula is C35H66N11O8+3. The minimum absolute atomic E-state index is 0.00607. The summed E-state index contributed by atoms with van der Waals surface area (Å²) in [4.78, 5) is 78.5. The van der Waals surface area contributed by atoms with Gasteiger partial charge in [-0.15, -0.1) is 0 Å². The van der Waals surface area contributed by atoms with Crippen molar-refractivity contribution in [2.24, 2.45) is 17.4 Å². The minimum atomic E-state index is -1.33. The molecule has 1 aromatic rings. The van der Waals surface area contributed by atoms with Gasteiger partial charge < -0.3 is 65.5 Å². The smallest absolute Gasteiger partial charge is 0.326 e. The Kier molecular flexibility index (Phi) is 23.3. The monoisotopic (exact) mass is 769 g/mol. The third-order valence-electron chi connectivity index (χ3n) is 8.49. The second-order valence-corrected chi connectivity index (χ2v) is 13.9. The van der Waals surface area contributed by atoms with Gasteiger partial charge >= 0.3 is 5.97 Å². The van der Waals surface area contributed by atoms with Crippen molar-refractivity contribution < 1.29 is 56.2 Å². The molecule has 0 aliphatic carbocycles. The molecule has 0 aromatic heterocycles. The third kappa shape index (κ3) is 20.2. The summed E-state index contributed by atoms with van der Waals surface area (Å²) in [6.07, 6.45) is 2.85. The van der Waals surface area contributed by atoms with Gasteiger partial charge in [0, 0.05) is 12.8 Å². The zero-order chi connectivity index (χ0) is 40.6. The Morgan fingerprint density at radius 3 is 1.65 bits per heavy atom. The van der Waals surface area contributed by atoms with Crippen molar-refractivity contribution in [1.29, 1.82) is 0 Å². The number of hydrogen-bond donors (Lipinski definition) is 13. The fourth-order valence-corrected chi connectivity index (χ4v) is 5.55. The van der Waals surface area contributed by atoms with E-state index in [4.69, 9.17) is 11.5 Å². The number of phenolic OH excluding ortho intramolecular Hbond substituents is 1. The minimum Gasteiger partial charge on any atom is -0.508 e. The number of unbranched alkanes of at least 4 members (excludes halogenated alkanes) is 2. The van der Waals surface area contributed by atoms with Crippen LogP contribution in [0.4, 0.5) is 0 Å². The quantitative estimate of drug-likeness (QED) is 0.0283. The molecule has 306 valence electrons. The van der Waals surface area contributed by atoms with Crippen molar-refractivity contribution in [3.8, 4) is 5.75 Å². The predicted molar refractivity (Wildman–Crippen MR) is 199 cm³/mol. The summed E-state index contributed by atoms with van der Waals surface area (Å²) in [5.41, 5.74) is 23.2. The Bertz CT molecular complexity index is 1320. The van der Waals surface area contributed by atoms with Crippen molar-refractivity contribution in [2.75, 3.05) is 26.2 Å². The van der Waals surface area contributed by atoms with Crippen LogP contribution >= 0.6 is 0 Å². The summed E-state index contributed by atoms with van der Waals surface area (Å²) >= 11 is 0. The number of quaternary nitrogens is 3. The van der Waals surface area contributed by atoms with Gasteiger partial charge in [-0.2, -0.15) is 0 Å². The highest BCUT2D eigenvalue weighted by molar-refractivity contribution is 5.95. The van der Waals surface area contributed by atoms with E-state index in [1.807, 2.05) is 13.8 Å². The van der Waals surface area contributed by atoms with Crippen LogP contribution < -0.4 is 60.6 Å². The highest BCUT2D eigenvalue weighted by Gasteiger charge is 2.31. The third-order valence-corrected chi connectivity index (χ3v) is 8.49. The lowest BCUT2D eigenvalue weighted by molar-refractivity contribution is -0.406. The first-order valence-corrected chi connectivity index (χ1v) is 18.7. The fourth-order valence-electron chi connectivity index (χ4n) is 5.55. The number of carboxylic acid groups (broad SMARTS) is 1. The van der Waals surface area contributed by atoms with E-state index in [2.05, 4.69) is 49.1 Å². The van der Waals surface area contributed by atoms with Gasteiger partial charge in [-0.05, 0) is 81.5 Å². The van der Waals surface area contributed by atoms with Crippen LogP contribution in [0, 0.1) is 5.92 Å². The maximum atomic E-state index is 13.8. The van der Waals surface area contributed by atoms with E-state index in [1.54, 1.807) is 12.1 Å². The van der Waals surface area contributed by atoms with Crippen LogP contribution in [0.15, 0.2) is 24.3 Å². The first-order valence-electron chi connectivity index (χ1n) is 18.7. The number of aromatic hydroxyl groups is 1. The molecule has 1 rings (SSSR count). The molecule has 19 nitrogen and oxygen atoms in total. The number of carboxylic acids is 1. The van der Waals surface area contributed by atoms with Crippen LogP contribution in [-0.4, -0.2) is 108 Å². The first kappa shape index (κ1) is 47.6. The standard InChI is InChI=1S/C35H63N11O8/c1-21(2)18-24(38)30(49)42-20-29(48)43-25(8-3-5-15-36)31(50)45-27(10-7-17-41-35(39)40)32(51)44-26(9-4-6-16-37)33(52)46-28(34(53)54)19-22-11-13-23(47)14-12-22/h11-14,21,24-28,35,41,47H,3-10,15-20,36-40H2,1-2H3,(H,42,49)(H,43,48)(H,44,51)(H,45,50)(H,46,52)(H,53,54)/p+3/t24-,25-,26-,27-,28-/m0/s1. The van der Waals surface area contributed by atoms with Gasteiger partial charge in [0.15, 0.2) is 6.04 Å². The first-order chi connectivity index (χ1) is 25.6. The zero-order valence-electron chi connectivity index (χ0n) is 31.9. The van der Waals surface area contributed by atoms with Crippen LogP contribution in [0.1, 0.15) is 77.2 Å². The van der Waals surface area contributed by atoms with Crippen LogP contribution in [0.3, 0.4) is 0 Å². The number of aliphatic carboxylic acids is 1. The summed E-state index contributed by atoms with van der Waals surface area (Å²) in [7, 11) is 0. The molecule has 0 saturated carbocycles. The molecule has 0 saturated heterocycles. The molecule has 0 aliphatic rings. The SMILES string of the molecule is CC(C)C[C@H]([NH3+])C(=O)NCC(=O)N[C@@H](CCCC[NH3+])C(=O)N[C@@H](CCCNC(N)N)C(=O)N[C@@H](CCCC[NH3+])C(=O)N[C@@H](Cc1ccc(O)cc1)C(=O)O. The number of nitrogens with two attached hydrogens (primary N) is 2. The number of carbonyl (C=O) groups is 6. The van der Waals surface area contributed by atoms with Crippen LogP contribution in [0.5, 0.6) is 5.75 Å². The van der Waals surface area contributed by atoms with Crippen molar-refractivity contribution in [3.05, 3.63) is 29.8 Å². The zero-order valence-corrected chi connectivity index (χ0v) is 31.9. The summed E-state index contributed by atoms with van der Waals surface area (Å²) in [5.74, 6) is -4.09. The average Bonchev–Trinajstić information content (AvgIpc) is 3.10. The molecule has 1 aromatic carbocycles. The summed E-state index contributed by atoms with van der Waals surface area (Å²) < 4.78 is 0. The van der Waals surface area contributed by atoms with Crippen LogP contribution in [-0.2, 0) is 35.2 Å². The number of benzene rings is 1. The summed E-state index contributed by atoms with van der Waals surface area (Å²) in [5, 5.41) is 35.5. The number of carbonyl (C=O) groups excluding carboxylic acids is 5. The molecule has 19 heteroatoms. The van der Waals surface area contributed by atoms with Crippen molar-refractivity contribution >= 4 is 35.5 Å². The summed E-state index contributed by atoms with van der Waals surface area (Å²) in [6.45, 7) is 5.03. The van der Waals surface area contributed by atoms with E-state index < -0.39 is 66.1 Å². The van der Waals surface area contributed by atoms with Gasteiger partial charge in [0.1, 0.15) is 36.2 Å². The fraction of sp³-hybridized carbons (Fsp3) is 0.657. The Hall–Kier alpha value is -4.40. The average molecular weight is 769 g/mol. The van der Waals surface area contributed by atoms with Gasteiger partial charge in [0.25, 0.3) is 5.91 Å². The normalized spacial score (nSPS) is 14.0. The van der Waals surface area contributed by atoms with E-state index in [9.17, 15) is 39.0 Å². The molecule has 21 N–H and O–H groups in total. The lowest BCUT2D eigenvalue weighted by Crippen LogP contribution is -2.68. The van der Waals surface area contributed by atoms with E-state index in [1.165, 1.54) is 12.1 Å². The van der Waals surface area contributed by atoms with Gasteiger partial charge in [0.05, 0.1) is 19.6 Å². The van der Waals surface area contributed by atoms with E-state index >= 15 is 0 Å². The van der Waals surface area contributed by atoms with Crippen LogP contribution in [0.2, 0.25) is 0 Å². The topological polar surface area (TPSA) is 350 Å². The molecule has 5 amide bonds. The lowest BCUT2D eigenvalue weighted by Gasteiger charge is -2.26. The van der Waals surface area contributed by atoms with Crippen LogP contribution in [0.25, 0.3) is 0 Å². The molecule has 54 heavy (non-hydrogen) atoms. The maximum absolute atomic E-state index is 13.8. The number of amides is 5. The molecule has 0 spiro atoms. The van der Waals surface area contributed by atoms with Crippen molar-refractivity contribution in [3.63, 3.8) is 0 Å². The molecule has 0 heterocycles. The van der Waals surface area contributed by atoms with E-state index in [-0.39, 0.29) is 49.8 Å². The lowest BCUT2D eigenvalue weighted by atomic mass is 10.0. The van der Waals surface area contributed by atoms with E-state index in [0.717, 1.165) is 0 Å². The number of hydrogen-bond acceptors (Lipinski definition) is 10. The molecule has 0 radical (unpaired) electrons. The van der Waals surface area contributed by atoms with Gasteiger partial charge in [-0.25, -0.2) is 4.79 Å². The molecule has 0 bridgehead atoms. The van der Waals surface area contributed by atoms with E-state index in [0.29, 0.717) is 63.7 Å². The molecule has 0 fully saturated rings. The predicted octanol–water partition coefficient (Wildman–Crippen LogP) is -4.87. The second-order valence-electron chi connectivity index (χ2n) is 13.9. The molecular weight excluding hydrogens is 702 g/mol. The van der Waals surface area contributed by atoms with Gasteiger partial charge in [0.2, 0.25) is 23.6 Å².